The Morgan fingerprint density at radius 1 is 1.02 bits per heavy atom. The summed E-state index contributed by atoms with van der Waals surface area (Å²) in [4.78, 5) is 34.1. The Balaban J connectivity index is 1.34. The first kappa shape index (κ1) is 30.3. The van der Waals surface area contributed by atoms with Crippen molar-refractivity contribution in [1.29, 1.82) is 0 Å². The van der Waals surface area contributed by atoms with Crippen LogP contribution in [0.1, 0.15) is 55.8 Å². The number of rotatable bonds is 9. The van der Waals surface area contributed by atoms with Gasteiger partial charge in [-0.2, -0.15) is 11.8 Å². The number of ether oxygens (including phenoxy) is 1. The molecule has 44 heavy (non-hydrogen) atoms. The van der Waals surface area contributed by atoms with Gasteiger partial charge in [0.15, 0.2) is 0 Å². The predicted molar refractivity (Wildman–Crippen MR) is 176 cm³/mol. The van der Waals surface area contributed by atoms with Crippen LogP contribution < -0.4 is 10.1 Å². The molecule has 6 nitrogen and oxygen atoms in total. The van der Waals surface area contributed by atoms with Gasteiger partial charge in [-0.15, -0.1) is 0 Å². The molecule has 2 unspecified atom stereocenters. The highest BCUT2D eigenvalue weighted by atomic mass is 32.2. The Kier molecular flexibility index (Phi) is 8.22. The second kappa shape index (κ2) is 12.0. The molecule has 1 saturated heterocycles. The molecule has 1 saturated carbocycles. The number of anilines is 1. The average Bonchev–Trinajstić information content (AvgIpc) is 3.37. The van der Waals surface area contributed by atoms with E-state index in [2.05, 4.69) is 49.3 Å². The van der Waals surface area contributed by atoms with E-state index in [1.165, 1.54) is 17.0 Å². The van der Waals surface area contributed by atoms with Gasteiger partial charge in [0.05, 0.1) is 7.11 Å². The van der Waals surface area contributed by atoms with Gasteiger partial charge < -0.3 is 19.9 Å². The van der Waals surface area contributed by atoms with Gasteiger partial charge in [0.1, 0.15) is 17.1 Å². The molecular formula is C36H40FN3O3S. The molecule has 2 aliphatic rings. The highest BCUT2D eigenvalue weighted by molar-refractivity contribution is 7.99. The Hall–Kier alpha value is -3.78. The Morgan fingerprint density at radius 3 is 2.41 bits per heavy atom. The quantitative estimate of drug-likeness (QED) is 0.203. The maximum absolute atomic E-state index is 15.1. The van der Waals surface area contributed by atoms with E-state index in [1.807, 2.05) is 6.07 Å². The fourth-order valence-electron chi connectivity index (χ4n) is 7.22. The van der Waals surface area contributed by atoms with Gasteiger partial charge in [0, 0.05) is 40.8 Å². The van der Waals surface area contributed by atoms with Crippen molar-refractivity contribution in [3.05, 3.63) is 95.4 Å². The molecule has 3 aromatic carbocycles. The van der Waals surface area contributed by atoms with Crippen molar-refractivity contribution >= 4 is 40.2 Å². The number of thioether (sulfide) groups is 1. The smallest absolute Gasteiger partial charge is 0.250 e. The number of hydrogen-bond acceptors (Lipinski definition) is 4. The largest absolute Gasteiger partial charge is 0.497 e. The van der Waals surface area contributed by atoms with Crippen LogP contribution in [0.5, 0.6) is 5.75 Å². The van der Waals surface area contributed by atoms with E-state index < -0.39 is 5.54 Å². The number of carbonyl (C=O) groups excluding carboxylic acids is 2. The lowest BCUT2D eigenvalue weighted by Crippen LogP contribution is -2.60. The number of carbonyl (C=O) groups is 2. The lowest BCUT2D eigenvalue weighted by atomic mass is 9.87. The van der Waals surface area contributed by atoms with Crippen molar-refractivity contribution in [2.75, 3.05) is 23.9 Å². The second-order valence-corrected chi connectivity index (χ2v) is 13.9. The van der Waals surface area contributed by atoms with Crippen LogP contribution >= 0.6 is 11.8 Å². The van der Waals surface area contributed by atoms with Crippen LogP contribution in [0.3, 0.4) is 0 Å². The van der Waals surface area contributed by atoms with Gasteiger partial charge in [-0.05, 0) is 90.5 Å². The van der Waals surface area contributed by atoms with Gasteiger partial charge >= 0.3 is 0 Å². The second-order valence-electron chi connectivity index (χ2n) is 12.7. The van der Waals surface area contributed by atoms with Crippen LogP contribution in [0.2, 0.25) is 0 Å². The number of H-pyrrole nitrogens is 1. The number of fused-ring (bicyclic) bond motifs is 1. The molecule has 2 N–H and O–H groups in total. The molecule has 8 heteroatoms. The third-order valence-corrected chi connectivity index (χ3v) is 10.9. The van der Waals surface area contributed by atoms with E-state index in [4.69, 9.17) is 4.74 Å². The first-order chi connectivity index (χ1) is 21.2. The van der Waals surface area contributed by atoms with E-state index in [0.29, 0.717) is 29.8 Å². The van der Waals surface area contributed by atoms with E-state index in [1.54, 1.807) is 66.2 Å². The van der Waals surface area contributed by atoms with Gasteiger partial charge in [-0.1, -0.05) is 50.2 Å². The molecule has 2 amide bonds. The number of amides is 2. The fraction of sp³-hybridized carbons (Fsp3) is 0.389. The van der Waals surface area contributed by atoms with Crippen molar-refractivity contribution in [3.63, 3.8) is 0 Å². The average molecular weight is 614 g/mol. The minimum absolute atomic E-state index is 0.0378. The third-order valence-electron chi connectivity index (χ3n) is 9.89. The minimum atomic E-state index is -1.10. The number of hydrogen-bond donors (Lipinski definition) is 2. The normalized spacial score (nSPS) is 20.2. The molecule has 0 spiro atoms. The van der Waals surface area contributed by atoms with Crippen LogP contribution in [0.15, 0.2) is 72.8 Å². The topological polar surface area (TPSA) is 74.4 Å². The number of halogens is 1. The zero-order valence-electron chi connectivity index (χ0n) is 25.8. The Bertz CT molecular complexity index is 1680. The molecule has 0 bridgehead atoms. The fourth-order valence-corrected chi connectivity index (χ4v) is 8.39. The Labute approximate surface area is 262 Å². The van der Waals surface area contributed by atoms with E-state index in [-0.39, 0.29) is 47.8 Å². The van der Waals surface area contributed by atoms with Gasteiger partial charge in [0.2, 0.25) is 11.8 Å². The molecule has 2 atom stereocenters. The molecule has 1 aliphatic heterocycles. The van der Waals surface area contributed by atoms with E-state index in [9.17, 15) is 9.59 Å². The lowest BCUT2D eigenvalue weighted by Gasteiger charge is -2.45. The standard InChI is InChI=1S/C36H40FN3O3S/c1-23-32(27-10-6-8-12-30(27)38-23)33-28(35(33,2)3)21-31(41)40(22-24-9-5-7-11-29(24)37)36(17-19-44-20-18-36)34(42)39-25-13-15-26(43-4)16-14-25/h5-16,28,33,38H,17-22H2,1-4H3,(H,39,42). The number of nitrogens with one attached hydrogen (secondary N) is 2. The van der Waals surface area contributed by atoms with Crippen molar-refractivity contribution in [3.8, 4) is 5.75 Å². The maximum Gasteiger partial charge on any atom is 0.250 e. The maximum atomic E-state index is 15.1. The van der Waals surface area contributed by atoms with Crippen LogP contribution in [0.25, 0.3) is 10.9 Å². The molecule has 1 aromatic heterocycles. The summed E-state index contributed by atoms with van der Waals surface area (Å²) < 4.78 is 20.4. The highest BCUT2D eigenvalue weighted by Crippen LogP contribution is 2.67. The van der Waals surface area contributed by atoms with Crippen molar-refractivity contribution in [2.45, 2.75) is 58.0 Å². The summed E-state index contributed by atoms with van der Waals surface area (Å²) in [7, 11) is 1.60. The predicted octanol–water partition coefficient (Wildman–Crippen LogP) is 7.69. The number of methoxy groups -OCH3 is 1. The number of aryl methyl sites for hydroxylation is 1. The summed E-state index contributed by atoms with van der Waals surface area (Å²) in [5, 5.41) is 4.28. The molecule has 4 aromatic rings. The summed E-state index contributed by atoms with van der Waals surface area (Å²) in [5.74, 6) is 1.75. The molecule has 2 fully saturated rings. The zero-order valence-corrected chi connectivity index (χ0v) is 26.6. The van der Waals surface area contributed by atoms with Crippen molar-refractivity contribution in [1.82, 2.24) is 9.88 Å². The number of benzene rings is 3. The first-order valence-corrected chi connectivity index (χ1v) is 16.5. The zero-order chi connectivity index (χ0) is 31.1. The summed E-state index contributed by atoms with van der Waals surface area (Å²) in [5.41, 5.74) is 3.33. The van der Waals surface area contributed by atoms with Crippen molar-refractivity contribution in [2.24, 2.45) is 11.3 Å². The van der Waals surface area contributed by atoms with Crippen LogP contribution in [0, 0.1) is 24.1 Å². The molecule has 230 valence electrons. The monoisotopic (exact) mass is 613 g/mol. The summed E-state index contributed by atoms with van der Waals surface area (Å²) >= 11 is 1.78. The van der Waals surface area contributed by atoms with Gasteiger partial charge in [-0.3, -0.25) is 9.59 Å². The summed E-state index contributed by atoms with van der Waals surface area (Å²) in [6.07, 6.45) is 1.29. The van der Waals surface area contributed by atoms with Crippen molar-refractivity contribution < 1.29 is 18.7 Å². The van der Waals surface area contributed by atoms with E-state index in [0.717, 1.165) is 22.7 Å². The van der Waals surface area contributed by atoms with Gasteiger partial charge in [-0.25, -0.2) is 4.39 Å². The van der Waals surface area contributed by atoms with Crippen LogP contribution in [0.4, 0.5) is 10.1 Å². The number of aromatic nitrogens is 1. The first-order valence-electron chi connectivity index (χ1n) is 15.3. The number of para-hydroxylation sites is 1. The molecule has 0 radical (unpaired) electrons. The van der Waals surface area contributed by atoms with Crippen LogP contribution in [-0.2, 0) is 16.1 Å². The molecule has 6 rings (SSSR count). The Morgan fingerprint density at radius 2 is 1.70 bits per heavy atom. The van der Waals surface area contributed by atoms with Gasteiger partial charge in [0.25, 0.3) is 0 Å². The number of aromatic amines is 1. The summed E-state index contributed by atoms with van der Waals surface area (Å²) in [6, 6.07) is 22.0. The number of nitrogens with zero attached hydrogens (tertiary/aromatic N) is 1. The minimum Gasteiger partial charge on any atom is -0.497 e. The molecular weight excluding hydrogens is 573 g/mol. The highest BCUT2D eigenvalue weighted by Gasteiger charge is 2.60. The molecule has 2 heterocycles. The lowest BCUT2D eigenvalue weighted by molar-refractivity contribution is -0.147. The van der Waals surface area contributed by atoms with E-state index >= 15 is 4.39 Å². The summed E-state index contributed by atoms with van der Waals surface area (Å²) in [6.45, 7) is 6.59. The van der Waals surface area contributed by atoms with Crippen LogP contribution in [-0.4, -0.2) is 45.9 Å². The SMILES string of the molecule is COc1ccc(NC(=O)C2(N(Cc3ccccc3F)C(=O)CC3C(c4c(C)[nH]c5ccccc45)C3(C)C)CCSCC2)cc1. The third kappa shape index (κ3) is 5.49. The molecule has 1 aliphatic carbocycles.